The Balaban J connectivity index is 1.65. The van der Waals surface area contributed by atoms with Crippen LogP contribution in [0.15, 0.2) is 48.5 Å². The second kappa shape index (κ2) is 9.20. The molecule has 2 aromatic rings. The SMILES string of the molecule is CNC(=O)[C@@H](Cc1ccc(N2CCc3ccccc3C2)cc1)NC(=O)OC(C)(C)C. The van der Waals surface area contributed by atoms with Crippen molar-refractivity contribution in [2.75, 3.05) is 18.5 Å². The molecule has 2 N–H and O–H groups in total. The predicted molar refractivity (Wildman–Crippen MR) is 119 cm³/mol. The molecule has 1 atom stereocenters. The fourth-order valence-electron chi connectivity index (χ4n) is 3.63. The first kappa shape index (κ1) is 21.7. The van der Waals surface area contributed by atoms with E-state index < -0.39 is 17.7 Å². The molecular formula is C24H31N3O3. The molecule has 0 saturated heterocycles. The average Bonchev–Trinajstić information content (AvgIpc) is 2.71. The number of carbonyl (C=O) groups is 2. The number of hydrogen-bond donors (Lipinski definition) is 2. The third-order valence-electron chi connectivity index (χ3n) is 5.13. The minimum atomic E-state index is -0.697. The molecule has 0 unspecified atom stereocenters. The summed E-state index contributed by atoms with van der Waals surface area (Å²) in [5.41, 5.74) is 4.30. The van der Waals surface area contributed by atoms with E-state index >= 15 is 0 Å². The molecule has 6 nitrogen and oxygen atoms in total. The third-order valence-corrected chi connectivity index (χ3v) is 5.13. The Morgan fingerprint density at radius 3 is 2.37 bits per heavy atom. The highest BCUT2D eigenvalue weighted by molar-refractivity contribution is 5.85. The lowest BCUT2D eigenvalue weighted by Gasteiger charge is -2.31. The zero-order valence-corrected chi connectivity index (χ0v) is 18.2. The molecule has 160 valence electrons. The maximum Gasteiger partial charge on any atom is 0.408 e. The highest BCUT2D eigenvalue weighted by Crippen LogP contribution is 2.25. The van der Waals surface area contributed by atoms with Crippen LogP contribution in [0.3, 0.4) is 0 Å². The molecule has 0 saturated carbocycles. The Morgan fingerprint density at radius 2 is 1.73 bits per heavy atom. The smallest absolute Gasteiger partial charge is 0.408 e. The maximum atomic E-state index is 12.3. The first-order chi connectivity index (χ1) is 14.2. The van der Waals surface area contributed by atoms with Gasteiger partial charge in [-0.3, -0.25) is 4.79 Å². The van der Waals surface area contributed by atoms with Crippen molar-refractivity contribution < 1.29 is 14.3 Å². The van der Waals surface area contributed by atoms with Gasteiger partial charge in [0.05, 0.1) is 0 Å². The monoisotopic (exact) mass is 409 g/mol. The van der Waals surface area contributed by atoms with Gasteiger partial charge in [0.1, 0.15) is 11.6 Å². The molecule has 0 radical (unpaired) electrons. The number of amides is 2. The molecule has 0 aromatic heterocycles. The van der Waals surface area contributed by atoms with Crippen molar-refractivity contribution in [1.82, 2.24) is 10.6 Å². The van der Waals surface area contributed by atoms with E-state index in [4.69, 9.17) is 4.74 Å². The molecule has 2 amide bonds. The number of rotatable bonds is 5. The molecule has 1 heterocycles. The minimum absolute atomic E-state index is 0.252. The predicted octanol–water partition coefficient (Wildman–Crippen LogP) is 3.43. The molecule has 2 aromatic carbocycles. The first-order valence-electron chi connectivity index (χ1n) is 10.4. The van der Waals surface area contributed by atoms with Crippen molar-refractivity contribution in [3.05, 3.63) is 65.2 Å². The number of nitrogens with one attached hydrogen (secondary N) is 2. The van der Waals surface area contributed by atoms with Crippen LogP contribution in [0.4, 0.5) is 10.5 Å². The van der Waals surface area contributed by atoms with Crippen molar-refractivity contribution >= 4 is 17.7 Å². The summed E-state index contributed by atoms with van der Waals surface area (Å²) in [6, 6.07) is 16.1. The second-order valence-electron chi connectivity index (χ2n) is 8.62. The number of alkyl carbamates (subject to hydrolysis) is 1. The molecular weight excluding hydrogens is 378 g/mol. The Labute approximate surface area is 178 Å². The molecule has 1 aliphatic rings. The van der Waals surface area contributed by atoms with E-state index in [1.807, 2.05) is 12.1 Å². The van der Waals surface area contributed by atoms with E-state index in [9.17, 15) is 9.59 Å². The standard InChI is InChI=1S/C24H31N3O3/c1-24(2,3)30-23(29)26-21(22(28)25-4)15-17-9-11-20(12-10-17)27-14-13-18-7-5-6-8-19(18)16-27/h5-12,21H,13-16H2,1-4H3,(H,25,28)(H,26,29)/t21-/m1/s1. The second-order valence-corrected chi connectivity index (χ2v) is 8.62. The topological polar surface area (TPSA) is 70.7 Å². The van der Waals surface area contributed by atoms with Gasteiger partial charge in [-0.2, -0.15) is 0 Å². The van der Waals surface area contributed by atoms with Crippen molar-refractivity contribution in [2.24, 2.45) is 0 Å². The fraction of sp³-hybridized carbons (Fsp3) is 0.417. The normalized spacial score (nSPS) is 14.5. The van der Waals surface area contributed by atoms with Crippen LogP contribution in [0.5, 0.6) is 0 Å². The van der Waals surface area contributed by atoms with Crippen molar-refractivity contribution in [1.29, 1.82) is 0 Å². The molecule has 0 fully saturated rings. The summed E-state index contributed by atoms with van der Waals surface area (Å²) in [4.78, 5) is 26.7. The molecule has 0 aliphatic carbocycles. The number of nitrogens with zero attached hydrogens (tertiary/aromatic N) is 1. The van der Waals surface area contributed by atoms with Crippen LogP contribution in [0.1, 0.15) is 37.5 Å². The highest BCUT2D eigenvalue weighted by Gasteiger charge is 2.24. The van der Waals surface area contributed by atoms with Crippen LogP contribution < -0.4 is 15.5 Å². The summed E-state index contributed by atoms with van der Waals surface area (Å²) in [5, 5.41) is 5.29. The molecule has 30 heavy (non-hydrogen) atoms. The van der Waals surface area contributed by atoms with Crippen molar-refractivity contribution in [2.45, 2.75) is 51.8 Å². The van der Waals surface area contributed by atoms with Crippen LogP contribution in [-0.4, -0.2) is 37.2 Å². The Kier molecular flexibility index (Phi) is 6.65. The number of anilines is 1. The zero-order valence-electron chi connectivity index (χ0n) is 18.2. The summed E-state index contributed by atoms with van der Waals surface area (Å²) in [5.74, 6) is -0.252. The third kappa shape index (κ3) is 5.75. The number of ether oxygens (including phenoxy) is 1. The summed E-state index contributed by atoms with van der Waals surface area (Å²) < 4.78 is 5.29. The Bertz CT molecular complexity index is 887. The summed E-state index contributed by atoms with van der Waals surface area (Å²) >= 11 is 0. The van der Waals surface area contributed by atoms with E-state index in [0.717, 1.165) is 30.8 Å². The minimum Gasteiger partial charge on any atom is -0.444 e. The molecule has 0 bridgehead atoms. The number of benzene rings is 2. The van der Waals surface area contributed by atoms with Gasteiger partial charge in [0, 0.05) is 32.2 Å². The summed E-state index contributed by atoms with van der Waals surface area (Å²) in [7, 11) is 1.56. The van der Waals surface area contributed by atoms with E-state index in [2.05, 4.69) is 51.9 Å². The van der Waals surface area contributed by atoms with Gasteiger partial charge < -0.3 is 20.3 Å². The van der Waals surface area contributed by atoms with Crippen LogP contribution >= 0.6 is 0 Å². The van der Waals surface area contributed by atoms with Crippen LogP contribution in [0, 0.1) is 0 Å². The summed E-state index contributed by atoms with van der Waals surface area (Å²) in [6.07, 6.45) is 0.832. The zero-order chi connectivity index (χ0) is 21.7. The van der Waals surface area contributed by atoms with Gasteiger partial charge in [0.25, 0.3) is 0 Å². The molecule has 6 heteroatoms. The lowest BCUT2D eigenvalue weighted by atomic mass is 9.99. The Morgan fingerprint density at radius 1 is 1.07 bits per heavy atom. The van der Waals surface area contributed by atoms with Gasteiger partial charge in [0.2, 0.25) is 5.91 Å². The van der Waals surface area contributed by atoms with Crippen LogP contribution in [0.25, 0.3) is 0 Å². The number of carbonyl (C=O) groups excluding carboxylic acids is 2. The van der Waals surface area contributed by atoms with E-state index in [1.54, 1.807) is 27.8 Å². The lowest BCUT2D eigenvalue weighted by molar-refractivity contribution is -0.122. The number of fused-ring (bicyclic) bond motifs is 1. The van der Waals surface area contributed by atoms with Crippen LogP contribution in [-0.2, 0) is 28.9 Å². The van der Waals surface area contributed by atoms with Gasteiger partial charge in [-0.15, -0.1) is 0 Å². The Hall–Kier alpha value is -3.02. The fourth-order valence-corrected chi connectivity index (χ4v) is 3.63. The highest BCUT2D eigenvalue weighted by atomic mass is 16.6. The average molecular weight is 410 g/mol. The molecule has 0 spiro atoms. The van der Waals surface area contributed by atoms with Crippen molar-refractivity contribution in [3.63, 3.8) is 0 Å². The van der Waals surface area contributed by atoms with E-state index in [0.29, 0.717) is 6.42 Å². The van der Waals surface area contributed by atoms with Crippen LogP contribution in [0.2, 0.25) is 0 Å². The van der Waals surface area contributed by atoms with Gasteiger partial charge in [0.15, 0.2) is 0 Å². The van der Waals surface area contributed by atoms with Gasteiger partial charge in [-0.25, -0.2) is 4.79 Å². The quantitative estimate of drug-likeness (QED) is 0.794. The maximum absolute atomic E-state index is 12.3. The van der Waals surface area contributed by atoms with Gasteiger partial charge in [-0.05, 0) is 56.0 Å². The lowest BCUT2D eigenvalue weighted by Crippen LogP contribution is -2.48. The largest absolute Gasteiger partial charge is 0.444 e. The van der Waals surface area contributed by atoms with Gasteiger partial charge in [-0.1, -0.05) is 36.4 Å². The molecule has 1 aliphatic heterocycles. The number of likely N-dealkylation sites (N-methyl/N-ethyl adjacent to an activating group) is 1. The van der Waals surface area contributed by atoms with Crippen molar-refractivity contribution in [3.8, 4) is 0 Å². The first-order valence-corrected chi connectivity index (χ1v) is 10.4. The summed E-state index contributed by atoms with van der Waals surface area (Å²) in [6.45, 7) is 7.26. The van der Waals surface area contributed by atoms with Gasteiger partial charge >= 0.3 is 6.09 Å². The number of hydrogen-bond acceptors (Lipinski definition) is 4. The van der Waals surface area contributed by atoms with E-state index in [1.165, 1.54) is 11.1 Å². The molecule has 3 rings (SSSR count). The van der Waals surface area contributed by atoms with E-state index in [-0.39, 0.29) is 5.91 Å².